The van der Waals surface area contributed by atoms with E-state index in [2.05, 4.69) is 21.9 Å². The topological polar surface area (TPSA) is 128 Å². The smallest absolute Gasteiger partial charge is 0.265 e. The van der Waals surface area contributed by atoms with Gasteiger partial charge in [0.05, 0.1) is 0 Å². The lowest BCUT2D eigenvalue weighted by atomic mass is 11.0. The Morgan fingerprint density at radius 2 is 1.91 bits per heavy atom. The minimum Gasteiger partial charge on any atom is -0.367 e. The lowest BCUT2D eigenvalue weighted by Gasteiger charge is -1.93. The summed E-state index contributed by atoms with van der Waals surface area (Å²) in [5.74, 6) is -0.565. The molecule has 0 saturated heterocycles. The third-order valence-corrected chi connectivity index (χ3v) is 0.617. The highest BCUT2D eigenvalue weighted by Crippen LogP contribution is 1.75. The number of aliphatic imine (C=N–C) groups is 1. The van der Waals surface area contributed by atoms with Gasteiger partial charge in [-0.25, -0.2) is 16.0 Å². The second kappa shape index (κ2) is 5.14. The molecule has 0 aliphatic heterocycles. The first kappa shape index (κ1) is 9.33. The summed E-state index contributed by atoms with van der Waals surface area (Å²) < 4.78 is 0. The Morgan fingerprint density at radius 3 is 2.27 bits per heavy atom. The van der Waals surface area contributed by atoms with Gasteiger partial charge in [0.15, 0.2) is 0 Å². The first-order valence-corrected chi connectivity index (χ1v) is 2.42. The van der Waals surface area contributed by atoms with Crippen molar-refractivity contribution in [2.24, 2.45) is 20.9 Å². The van der Waals surface area contributed by atoms with Crippen LogP contribution < -0.4 is 16.7 Å². The van der Waals surface area contributed by atoms with E-state index in [9.17, 15) is 0 Å². The quantitative estimate of drug-likeness (QED) is 0.176. The molecular formula is C3H8N6O2. The summed E-state index contributed by atoms with van der Waals surface area (Å²) in [6.45, 7) is 3.04. The second-order valence-electron chi connectivity index (χ2n) is 1.29. The average Bonchev–Trinajstić information content (AvgIpc) is 2.06. The van der Waals surface area contributed by atoms with Crippen molar-refractivity contribution in [3.05, 3.63) is 0 Å². The van der Waals surface area contributed by atoms with Crippen LogP contribution in [0.5, 0.6) is 0 Å². The standard InChI is InChI=1S/C3H8N6O2/c1-5-3(9-11)7-6-2(4)8-10/h10-11H,1H2,(H,7,9)(H3,4,6,8). The van der Waals surface area contributed by atoms with Crippen molar-refractivity contribution in [3.8, 4) is 0 Å². The molecule has 0 aromatic rings. The van der Waals surface area contributed by atoms with Gasteiger partial charge in [-0.2, -0.15) is 0 Å². The van der Waals surface area contributed by atoms with E-state index in [1.54, 1.807) is 5.48 Å². The summed E-state index contributed by atoms with van der Waals surface area (Å²) in [7, 11) is 0. The molecule has 0 unspecified atom stereocenters. The number of hydrogen-bond donors (Lipinski definition) is 5. The molecule has 8 nitrogen and oxygen atoms in total. The highest BCUT2D eigenvalue weighted by molar-refractivity contribution is 5.84. The number of nitrogens with two attached hydrogens (primary N) is 1. The number of hydroxylamine groups is 2. The van der Waals surface area contributed by atoms with Crippen LogP contribution in [0.25, 0.3) is 0 Å². The predicted octanol–water partition coefficient (Wildman–Crippen LogP) is -1.77. The van der Waals surface area contributed by atoms with Crippen LogP contribution in [-0.4, -0.2) is 29.1 Å². The van der Waals surface area contributed by atoms with Crippen LogP contribution in [0.2, 0.25) is 0 Å². The first-order chi connectivity index (χ1) is 5.24. The largest absolute Gasteiger partial charge is 0.367 e. The van der Waals surface area contributed by atoms with E-state index in [0.717, 1.165) is 0 Å². The van der Waals surface area contributed by atoms with E-state index in [-0.39, 0.29) is 11.9 Å². The predicted molar refractivity (Wildman–Crippen MR) is 38.5 cm³/mol. The van der Waals surface area contributed by atoms with Crippen LogP contribution in [0.3, 0.4) is 0 Å². The van der Waals surface area contributed by atoms with E-state index < -0.39 is 0 Å². The lowest BCUT2D eigenvalue weighted by Crippen LogP contribution is -2.28. The van der Waals surface area contributed by atoms with Crippen LogP contribution in [0, 0.1) is 0 Å². The van der Waals surface area contributed by atoms with Crippen LogP contribution in [-0.2, 0) is 0 Å². The molecule has 0 atom stereocenters. The fraction of sp³-hybridized carbons (Fsp3) is 0. The van der Waals surface area contributed by atoms with E-state index in [4.69, 9.17) is 16.1 Å². The number of rotatable bonds is 1. The van der Waals surface area contributed by atoms with Gasteiger partial charge in [-0.1, -0.05) is 0 Å². The Kier molecular flexibility index (Phi) is 4.36. The molecule has 0 aliphatic rings. The summed E-state index contributed by atoms with van der Waals surface area (Å²) in [6, 6.07) is 0. The zero-order valence-corrected chi connectivity index (χ0v) is 5.52. The van der Waals surface area contributed by atoms with Crippen molar-refractivity contribution in [2.45, 2.75) is 0 Å². The third kappa shape index (κ3) is 3.83. The number of guanidine groups is 2. The van der Waals surface area contributed by atoms with Crippen LogP contribution in [0.4, 0.5) is 0 Å². The van der Waals surface area contributed by atoms with Crippen LogP contribution >= 0.6 is 0 Å². The number of nitrogens with zero attached hydrogens (tertiary/aromatic N) is 3. The molecule has 0 radical (unpaired) electrons. The molecule has 0 aromatic heterocycles. The summed E-state index contributed by atoms with van der Waals surface area (Å²) >= 11 is 0. The Balaban J connectivity index is 4.17. The summed E-state index contributed by atoms with van der Waals surface area (Å²) in [5.41, 5.74) is 8.04. The van der Waals surface area contributed by atoms with E-state index in [0.29, 0.717) is 0 Å². The van der Waals surface area contributed by atoms with Gasteiger partial charge in [0.1, 0.15) is 0 Å². The molecule has 0 aliphatic carbocycles. The molecule has 0 bridgehead atoms. The maximum atomic E-state index is 8.20. The summed E-state index contributed by atoms with van der Waals surface area (Å²) in [6.07, 6.45) is 0. The Bertz CT molecular complexity index is 186. The van der Waals surface area contributed by atoms with E-state index in [1.165, 1.54) is 5.48 Å². The van der Waals surface area contributed by atoms with Gasteiger partial charge in [-0.15, -0.1) is 10.2 Å². The zero-order valence-electron chi connectivity index (χ0n) is 5.52. The molecular weight excluding hydrogens is 152 g/mol. The fourth-order valence-electron chi connectivity index (χ4n) is 0.213. The van der Waals surface area contributed by atoms with Gasteiger partial charge in [-0.3, -0.25) is 10.4 Å². The van der Waals surface area contributed by atoms with Crippen molar-refractivity contribution < 1.29 is 10.4 Å². The highest BCUT2D eigenvalue weighted by atomic mass is 16.5. The second-order valence-corrected chi connectivity index (χ2v) is 1.29. The molecule has 62 valence electrons. The molecule has 8 heteroatoms. The van der Waals surface area contributed by atoms with Gasteiger partial charge in [-0.05, 0) is 6.72 Å². The molecule has 6 N–H and O–H groups in total. The molecule has 0 fully saturated rings. The van der Waals surface area contributed by atoms with Gasteiger partial charge in [0.2, 0.25) is 5.96 Å². The van der Waals surface area contributed by atoms with Gasteiger partial charge >= 0.3 is 0 Å². The molecule has 0 aromatic carbocycles. The Hall–Kier alpha value is -1.67. The number of nitrogens with one attached hydrogen (secondary N) is 2. The molecule has 11 heavy (non-hydrogen) atoms. The van der Waals surface area contributed by atoms with Crippen molar-refractivity contribution in [2.75, 3.05) is 0 Å². The van der Waals surface area contributed by atoms with Crippen LogP contribution in [0.15, 0.2) is 15.2 Å². The third-order valence-electron chi connectivity index (χ3n) is 0.617. The first-order valence-electron chi connectivity index (χ1n) is 2.42. The number of hydrogen-bond acceptors (Lipinski definition) is 4. The molecule has 0 amide bonds. The Labute approximate surface area is 62.1 Å². The summed E-state index contributed by atoms with van der Waals surface area (Å²) in [4.78, 5) is 3.18. The van der Waals surface area contributed by atoms with Gasteiger partial charge in [0, 0.05) is 0 Å². The molecule has 0 heterocycles. The molecule has 0 spiro atoms. The van der Waals surface area contributed by atoms with Crippen molar-refractivity contribution in [1.29, 1.82) is 0 Å². The maximum absolute atomic E-state index is 8.20. The van der Waals surface area contributed by atoms with Crippen molar-refractivity contribution >= 4 is 18.6 Å². The van der Waals surface area contributed by atoms with E-state index >= 15 is 0 Å². The van der Waals surface area contributed by atoms with Gasteiger partial charge in [0.25, 0.3) is 5.96 Å². The minimum atomic E-state index is -0.332. The maximum Gasteiger partial charge on any atom is 0.265 e. The normalized spacial score (nSPS) is 12.5. The summed E-state index contributed by atoms with van der Waals surface area (Å²) in [5, 5.41) is 22.6. The monoisotopic (exact) mass is 160 g/mol. The minimum absolute atomic E-state index is 0.233. The Morgan fingerprint density at radius 1 is 1.27 bits per heavy atom. The lowest BCUT2D eigenvalue weighted by molar-refractivity contribution is 0.230. The molecule has 0 saturated carbocycles. The van der Waals surface area contributed by atoms with Gasteiger partial charge < -0.3 is 5.73 Å². The van der Waals surface area contributed by atoms with E-state index in [1.807, 2.05) is 0 Å². The SMILES string of the molecule is C=N/C(=N\N=C(/N)NO)NO. The molecule has 0 rings (SSSR count). The van der Waals surface area contributed by atoms with Crippen LogP contribution in [0.1, 0.15) is 0 Å². The average molecular weight is 160 g/mol. The van der Waals surface area contributed by atoms with Crippen molar-refractivity contribution in [1.82, 2.24) is 11.0 Å². The fourth-order valence-corrected chi connectivity index (χ4v) is 0.213. The highest BCUT2D eigenvalue weighted by Gasteiger charge is 1.88. The zero-order chi connectivity index (χ0) is 8.69. The van der Waals surface area contributed by atoms with Crippen molar-refractivity contribution in [3.63, 3.8) is 0 Å².